The van der Waals surface area contributed by atoms with Crippen LogP contribution >= 0.6 is 34.4 Å². The van der Waals surface area contributed by atoms with Crippen molar-refractivity contribution < 1.29 is 9.59 Å². The Morgan fingerprint density at radius 1 is 1.29 bits per heavy atom. The summed E-state index contributed by atoms with van der Waals surface area (Å²) in [4.78, 5) is 21.7. The zero-order valence-corrected chi connectivity index (χ0v) is 11.3. The number of carbonyl (C=O) groups excluding carboxylic acids is 2. The molecule has 0 aromatic rings. The van der Waals surface area contributed by atoms with Crippen molar-refractivity contribution in [3.05, 3.63) is 0 Å². The van der Waals surface area contributed by atoms with Gasteiger partial charge in [-0.3, -0.25) is 9.59 Å². The van der Waals surface area contributed by atoms with Crippen molar-refractivity contribution in [2.45, 2.75) is 25.7 Å². The summed E-state index contributed by atoms with van der Waals surface area (Å²) in [6.45, 7) is 0.731. The molecule has 0 saturated heterocycles. The fourth-order valence-electron chi connectivity index (χ4n) is 0.948. The minimum Gasteiger partial charge on any atom is -0.355 e. The van der Waals surface area contributed by atoms with E-state index in [0.717, 1.165) is 25.8 Å². The van der Waals surface area contributed by atoms with Crippen LogP contribution in [0.15, 0.2) is 0 Å². The summed E-state index contributed by atoms with van der Waals surface area (Å²) in [7, 11) is 0. The summed E-state index contributed by atoms with van der Waals surface area (Å²) in [6, 6.07) is 0. The predicted octanol–water partition coefficient (Wildman–Crippen LogP) is 1.99. The Kier molecular flexibility index (Phi) is 9.92. The van der Waals surface area contributed by atoms with Gasteiger partial charge in [-0.1, -0.05) is 40.8 Å². The van der Waals surface area contributed by atoms with Gasteiger partial charge in [0, 0.05) is 13.0 Å². The minimum absolute atomic E-state index is 0.0887. The maximum absolute atomic E-state index is 10.9. The molecule has 0 fully saturated rings. The molecule has 0 spiro atoms. The number of rotatable bonds is 7. The van der Waals surface area contributed by atoms with Crippen molar-refractivity contribution in [3.63, 3.8) is 0 Å². The topological polar surface area (TPSA) is 46.2 Å². The number of nitrogens with one attached hydrogen (secondary N) is 1. The Bertz CT molecular complexity index is 168. The van der Waals surface area contributed by atoms with Crippen LogP contribution in [0.5, 0.6) is 0 Å². The van der Waals surface area contributed by atoms with Crippen molar-refractivity contribution in [1.29, 1.82) is 0 Å². The van der Waals surface area contributed by atoms with Crippen LogP contribution in [0.4, 0.5) is 0 Å². The summed E-state index contributed by atoms with van der Waals surface area (Å²) in [6.07, 6.45) is 5.36. The number of thioether (sulfide) groups is 1. The number of hydrogen-bond acceptors (Lipinski definition) is 3. The smallest absolute Gasteiger partial charge is 0.229 e. The summed E-state index contributed by atoms with van der Waals surface area (Å²) < 4.78 is 0.517. The number of alkyl halides is 1. The highest BCUT2D eigenvalue weighted by Crippen LogP contribution is 2.06. The first-order valence-corrected chi connectivity index (χ1v) is 7.35. The number of hydrogen-bond donors (Lipinski definition) is 1. The van der Waals surface area contributed by atoms with E-state index < -0.39 is 0 Å². The molecule has 14 heavy (non-hydrogen) atoms. The van der Waals surface area contributed by atoms with E-state index in [9.17, 15) is 9.59 Å². The fraction of sp³-hybridized carbons (Fsp3) is 0.778. The van der Waals surface area contributed by atoms with Gasteiger partial charge in [0.25, 0.3) is 0 Å². The Morgan fingerprint density at radius 2 is 2.00 bits per heavy atom. The fourth-order valence-corrected chi connectivity index (χ4v) is 1.57. The van der Waals surface area contributed by atoms with E-state index in [2.05, 4.69) is 5.32 Å². The van der Waals surface area contributed by atoms with Gasteiger partial charge in [0.2, 0.25) is 5.91 Å². The van der Waals surface area contributed by atoms with E-state index in [4.69, 9.17) is 0 Å². The lowest BCUT2D eigenvalue weighted by Crippen LogP contribution is -2.25. The van der Waals surface area contributed by atoms with Gasteiger partial charge in [-0.25, -0.2) is 0 Å². The predicted molar refractivity (Wildman–Crippen MR) is 68.9 cm³/mol. The highest BCUT2D eigenvalue weighted by Gasteiger charge is 1.99. The molecule has 0 rings (SSSR count). The average Bonchev–Trinajstić information content (AvgIpc) is 2.22. The molecule has 0 unspecified atom stereocenters. The van der Waals surface area contributed by atoms with Gasteiger partial charge in [0.15, 0.2) is 5.12 Å². The summed E-state index contributed by atoms with van der Waals surface area (Å²) >= 11 is 3.32. The highest BCUT2D eigenvalue weighted by atomic mass is 127. The molecule has 0 aliphatic carbocycles. The molecular formula is C9H16INO2S. The Labute approximate surface area is 103 Å². The van der Waals surface area contributed by atoms with E-state index in [1.54, 1.807) is 0 Å². The van der Waals surface area contributed by atoms with E-state index in [1.165, 1.54) is 11.8 Å². The number of amides is 1. The first-order valence-electron chi connectivity index (χ1n) is 4.60. The van der Waals surface area contributed by atoms with Crippen molar-refractivity contribution >= 4 is 45.4 Å². The molecule has 0 aliphatic heterocycles. The van der Waals surface area contributed by atoms with Gasteiger partial charge in [-0.15, -0.1) is 0 Å². The number of halogens is 1. The summed E-state index contributed by atoms with van der Waals surface area (Å²) in [5.41, 5.74) is 0. The van der Waals surface area contributed by atoms with Crippen LogP contribution in [0, 0.1) is 0 Å². The second-order valence-electron chi connectivity index (χ2n) is 2.87. The maximum atomic E-state index is 10.9. The van der Waals surface area contributed by atoms with Crippen LogP contribution in [0.2, 0.25) is 0 Å². The molecule has 0 radical (unpaired) electrons. The van der Waals surface area contributed by atoms with Crippen LogP contribution in [0.3, 0.4) is 0 Å². The maximum Gasteiger partial charge on any atom is 0.229 e. The van der Waals surface area contributed by atoms with E-state index >= 15 is 0 Å². The molecular weight excluding hydrogens is 313 g/mol. The van der Waals surface area contributed by atoms with Crippen molar-refractivity contribution in [1.82, 2.24) is 5.32 Å². The average molecular weight is 329 g/mol. The zero-order chi connectivity index (χ0) is 10.8. The molecule has 0 aliphatic rings. The third-order valence-corrected chi connectivity index (χ3v) is 3.08. The van der Waals surface area contributed by atoms with E-state index in [-0.39, 0.29) is 11.0 Å². The van der Waals surface area contributed by atoms with Gasteiger partial charge in [-0.05, 0) is 19.1 Å². The van der Waals surface area contributed by atoms with Gasteiger partial charge in [-0.2, -0.15) is 0 Å². The molecule has 0 saturated carbocycles. The minimum atomic E-state index is 0.0887. The summed E-state index contributed by atoms with van der Waals surface area (Å²) in [5, 5.41) is 3.05. The molecule has 0 aromatic carbocycles. The molecule has 82 valence electrons. The first kappa shape index (κ1) is 14.2. The van der Waals surface area contributed by atoms with Crippen molar-refractivity contribution in [3.8, 4) is 0 Å². The normalized spacial score (nSPS) is 9.86. The van der Waals surface area contributed by atoms with Gasteiger partial charge in [0.05, 0.1) is 4.43 Å². The van der Waals surface area contributed by atoms with Gasteiger partial charge >= 0.3 is 0 Å². The quantitative estimate of drug-likeness (QED) is 0.441. The Balaban J connectivity index is 3.14. The van der Waals surface area contributed by atoms with E-state index in [1.807, 2.05) is 28.8 Å². The molecule has 0 heterocycles. The molecule has 0 aromatic heterocycles. The SMILES string of the molecule is CSC(=O)CCCCCNC(=O)CI. The largest absolute Gasteiger partial charge is 0.355 e. The van der Waals surface area contributed by atoms with Crippen LogP contribution in [0.25, 0.3) is 0 Å². The van der Waals surface area contributed by atoms with Crippen LogP contribution < -0.4 is 5.32 Å². The Hall–Kier alpha value is 0.220. The second kappa shape index (κ2) is 9.76. The van der Waals surface area contributed by atoms with Gasteiger partial charge < -0.3 is 5.32 Å². The monoisotopic (exact) mass is 329 g/mol. The second-order valence-corrected chi connectivity index (χ2v) is 4.50. The summed E-state index contributed by atoms with van der Waals surface area (Å²) in [5.74, 6) is 0.0887. The highest BCUT2D eigenvalue weighted by molar-refractivity contribution is 14.1. The standard InChI is InChI=1S/C9H16INO2S/c1-14-9(13)5-3-2-4-6-11-8(12)7-10/h2-7H2,1H3,(H,11,12). The third kappa shape index (κ3) is 8.80. The van der Waals surface area contributed by atoms with Gasteiger partial charge in [0.1, 0.15) is 0 Å². The van der Waals surface area contributed by atoms with Crippen LogP contribution in [0.1, 0.15) is 25.7 Å². The zero-order valence-electron chi connectivity index (χ0n) is 8.35. The third-order valence-electron chi connectivity index (χ3n) is 1.73. The molecule has 1 N–H and O–H groups in total. The van der Waals surface area contributed by atoms with Crippen molar-refractivity contribution in [2.24, 2.45) is 0 Å². The first-order chi connectivity index (χ1) is 6.70. The van der Waals surface area contributed by atoms with E-state index in [0.29, 0.717) is 10.8 Å². The van der Waals surface area contributed by atoms with Crippen molar-refractivity contribution in [2.75, 3.05) is 17.2 Å². The molecule has 5 heteroatoms. The van der Waals surface area contributed by atoms with Crippen LogP contribution in [-0.4, -0.2) is 28.3 Å². The lowest BCUT2D eigenvalue weighted by atomic mass is 10.2. The Morgan fingerprint density at radius 3 is 2.57 bits per heavy atom. The number of unbranched alkanes of at least 4 members (excludes halogenated alkanes) is 2. The molecule has 3 nitrogen and oxygen atoms in total. The van der Waals surface area contributed by atoms with Crippen LogP contribution in [-0.2, 0) is 9.59 Å². The molecule has 0 atom stereocenters. The molecule has 0 bridgehead atoms. The lowest BCUT2D eigenvalue weighted by molar-refractivity contribution is -0.118. The number of carbonyl (C=O) groups is 2. The lowest BCUT2D eigenvalue weighted by Gasteiger charge is -2.02. The molecule has 1 amide bonds.